The van der Waals surface area contributed by atoms with E-state index in [2.05, 4.69) is 11.0 Å². The average Bonchev–Trinajstić information content (AvgIpc) is 2.57. The van der Waals surface area contributed by atoms with Gasteiger partial charge in [0.1, 0.15) is 18.5 Å². The Morgan fingerprint density at radius 1 is 1.30 bits per heavy atom. The number of nitriles is 1. The van der Waals surface area contributed by atoms with E-state index in [0.717, 1.165) is 31.4 Å². The normalized spacial score (nSPS) is 20.0. The molecule has 0 bridgehead atoms. The lowest BCUT2D eigenvalue weighted by Crippen LogP contribution is -2.45. The number of nitrogens with zero attached hydrogens (tertiary/aromatic N) is 2. The second-order valence-electron chi connectivity index (χ2n) is 6.10. The van der Waals surface area contributed by atoms with E-state index in [9.17, 15) is 5.11 Å². The van der Waals surface area contributed by atoms with Crippen molar-refractivity contribution < 1.29 is 14.9 Å². The molecule has 126 valence electrons. The molecule has 0 amide bonds. The molecule has 5 nitrogen and oxygen atoms in total. The van der Waals surface area contributed by atoms with Crippen molar-refractivity contribution in [3.8, 4) is 11.8 Å². The van der Waals surface area contributed by atoms with Crippen LogP contribution in [0, 0.1) is 11.3 Å². The Hall–Kier alpha value is -1.61. The number of aliphatic hydroxyl groups is 2. The first-order chi connectivity index (χ1) is 11.2. The predicted octanol–water partition coefficient (Wildman–Crippen LogP) is 1.73. The summed E-state index contributed by atoms with van der Waals surface area (Å²) in [6.45, 7) is 2.00. The van der Waals surface area contributed by atoms with Crippen LogP contribution in [0.2, 0.25) is 0 Å². The lowest BCUT2D eigenvalue weighted by atomic mass is 9.99. The molecule has 0 saturated carbocycles. The quantitative estimate of drug-likeness (QED) is 0.763. The minimum atomic E-state index is -0.548. The summed E-state index contributed by atoms with van der Waals surface area (Å²) < 4.78 is 5.63. The van der Waals surface area contributed by atoms with Gasteiger partial charge in [-0.2, -0.15) is 5.26 Å². The van der Waals surface area contributed by atoms with Gasteiger partial charge < -0.3 is 14.9 Å². The van der Waals surface area contributed by atoms with Crippen LogP contribution >= 0.6 is 0 Å². The highest BCUT2D eigenvalue weighted by Gasteiger charge is 2.24. The van der Waals surface area contributed by atoms with Crippen LogP contribution in [0.4, 0.5) is 0 Å². The highest BCUT2D eigenvalue weighted by molar-refractivity contribution is 5.28. The number of hydrogen-bond acceptors (Lipinski definition) is 5. The van der Waals surface area contributed by atoms with Gasteiger partial charge in [0.15, 0.2) is 0 Å². The van der Waals surface area contributed by atoms with Crippen LogP contribution in [-0.4, -0.2) is 53.6 Å². The van der Waals surface area contributed by atoms with Gasteiger partial charge in [-0.25, -0.2) is 0 Å². The van der Waals surface area contributed by atoms with Crippen LogP contribution in [0.15, 0.2) is 24.3 Å². The molecule has 0 aromatic heterocycles. The van der Waals surface area contributed by atoms with E-state index in [1.54, 1.807) is 0 Å². The maximum Gasteiger partial charge on any atom is 0.119 e. The molecule has 1 saturated heterocycles. The summed E-state index contributed by atoms with van der Waals surface area (Å²) in [6, 6.07) is 9.87. The maximum atomic E-state index is 10.2. The highest BCUT2D eigenvalue weighted by Crippen LogP contribution is 2.20. The molecule has 5 heteroatoms. The fourth-order valence-corrected chi connectivity index (χ4v) is 3.09. The number of β-amino-alcohol motifs (C(OH)–C–C–N with tert-alkyl or cyclic N) is 1. The third-order valence-electron chi connectivity index (χ3n) is 4.31. The lowest BCUT2D eigenvalue weighted by Gasteiger charge is -2.36. The summed E-state index contributed by atoms with van der Waals surface area (Å²) in [4.78, 5) is 2.27. The van der Waals surface area contributed by atoms with Crippen molar-refractivity contribution in [2.45, 2.75) is 44.2 Å². The van der Waals surface area contributed by atoms with Crippen molar-refractivity contribution in [2.75, 3.05) is 26.3 Å². The van der Waals surface area contributed by atoms with Crippen LogP contribution in [-0.2, 0) is 6.42 Å². The minimum Gasteiger partial charge on any atom is -0.491 e. The van der Waals surface area contributed by atoms with Gasteiger partial charge in [0.2, 0.25) is 0 Å². The molecule has 0 radical (unpaired) electrons. The number of rotatable bonds is 8. The molecule has 2 unspecified atom stereocenters. The zero-order valence-electron chi connectivity index (χ0n) is 13.5. The third kappa shape index (κ3) is 5.83. The molecular weight excluding hydrogens is 292 g/mol. The van der Waals surface area contributed by atoms with Crippen LogP contribution in [0.3, 0.4) is 0 Å². The molecule has 1 aromatic carbocycles. The second kappa shape index (κ2) is 9.51. The van der Waals surface area contributed by atoms with Crippen molar-refractivity contribution in [1.29, 1.82) is 5.26 Å². The smallest absolute Gasteiger partial charge is 0.119 e. The Morgan fingerprint density at radius 3 is 2.78 bits per heavy atom. The third-order valence-corrected chi connectivity index (χ3v) is 4.31. The molecule has 0 aliphatic carbocycles. The zero-order chi connectivity index (χ0) is 16.5. The van der Waals surface area contributed by atoms with Gasteiger partial charge in [0, 0.05) is 19.2 Å². The van der Waals surface area contributed by atoms with Gasteiger partial charge in [-0.1, -0.05) is 18.6 Å². The molecule has 1 aromatic rings. The van der Waals surface area contributed by atoms with Gasteiger partial charge in [-0.3, -0.25) is 4.90 Å². The molecule has 0 spiro atoms. The average molecular weight is 318 g/mol. The molecule has 1 heterocycles. The van der Waals surface area contributed by atoms with E-state index in [0.29, 0.717) is 24.8 Å². The van der Waals surface area contributed by atoms with Crippen molar-refractivity contribution in [3.05, 3.63) is 29.8 Å². The van der Waals surface area contributed by atoms with Gasteiger partial charge in [0.05, 0.1) is 12.5 Å². The Bertz CT molecular complexity index is 496. The standard InChI is InChI=1S/C18H26N2O3/c19-10-8-15-4-6-18(7-5-15)23-14-17(22)13-20-11-2-1-3-16(20)9-12-21/h4-7,16-17,21-22H,1-3,8-9,11-14H2. The van der Waals surface area contributed by atoms with E-state index in [1.807, 2.05) is 24.3 Å². The van der Waals surface area contributed by atoms with E-state index >= 15 is 0 Å². The summed E-state index contributed by atoms with van der Waals surface area (Å²) in [6.07, 6.45) is 4.05. The Labute approximate surface area is 138 Å². The summed E-state index contributed by atoms with van der Waals surface area (Å²) in [7, 11) is 0. The first-order valence-corrected chi connectivity index (χ1v) is 8.34. The van der Waals surface area contributed by atoms with Gasteiger partial charge in [-0.15, -0.1) is 0 Å². The van der Waals surface area contributed by atoms with Crippen molar-refractivity contribution in [2.24, 2.45) is 0 Å². The van der Waals surface area contributed by atoms with Gasteiger partial charge >= 0.3 is 0 Å². The lowest BCUT2D eigenvalue weighted by molar-refractivity contribution is 0.0332. The zero-order valence-corrected chi connectivity index (χ0v) is 13.5. The van der Waals surface area contributed by atoms with E-state index < -0.39 is 6.10 Å². The van der Waals surface area contributed by atoms with Crippen molar-refractivity contribution in [1.82, 2.24) is 4.90 Å². The van der Waals surface area contributed by atoms with Crippen LogP contribution in [0.5, 0.6) is 5.75 Å². The van der Waals surface area contributed by atoms with Gasteiger partial charge in [-0.05, 0) is 43.5 Å². The monoisotopic (exact) mass is 318 g/mol. The van der Waals surface area contributed by atoms with Gasteiger partial charge in [0.25, 0.3) is 0 Å². The van der Waals surface area contributed by atoms with Crippen molar-refractivity contribution >= 4 is 0 Å². The summed E-state index contributed by atoms with van der Waals surface area (Å²) in [5.74, 6) is 0.705. The molecule has 1 aliphatic rings. The second-order valence-corrected chi connectivity index (χ2v) is 6.10. The first-order valence-electron chi connectivity index (χ1n) is 8.34. The van der Waals surface area contributed by atoms with E-state index in [1.165, 1.54) is 6.42 Å². The Kier molecular flexibility index (Phi) is 7.34. The molecule has 2 rings (SSSR count). The Morgan fingerprint density at radius 2 is 2.09 bits per heavy atom. The largest absolute Gasteiger partial charge is 0.491 e. The van der Waals surface area contributed by atoms with E-state index in [4.69, 9.17) is 15.1 Å². The maximum absolute atomic E-state index is 10.2. The van der Waals surface area contributed by atoms with Crippen LogP contribution in [0.1, 0.15) is 31.2 Å². The molecule has 1 aliphatic heterocycles. The highest BCUT2D eigenvalue weighted by atomic mass is 16.5. The molecule has 2 N–H and O–H groups in total. The first kappa shape index (κ1) is 17.7. The van der Waals surface area contributed by atoms with Crippen LogP contribution in [0.25, 0.3) is 0 Å². The molecule has 1 fully saturated rings. The molecule has 2 atom stereocenters. The predicted molar refractivity (Wildman–Crippen MR) is 88.2 cm³/mol. The summed E-state index contributed by atoms with van der Waals surface area (Å²) >= 11 is 0. The number of hydrogen-bond donors (Lipinski definition) is 2. The fourth-order valence-electron chi connectivity index (χ4n) is 3.09. The number of aliphatic hydroxyl groups excluding tert-OH is 2. The van der Waals surface area contributed by atoms with E-state index in [-0.39, 0.29) is 13.2 Å². The SMILES string of the molecule is N#CCc1ccc(OCC(O)CN2CCCCC2CCO)cc1. The topological polar surface area (TPSA) is 76.7 Å². The van der Waals surface area contributed by atoms with Crippen LogP contribution < -0.4 is 4.74 Å². The number of piperidine rings is 1. The number of ether oxygens (including phenoxy) is 1. The van der Waals surface area contributed by atoms with Crippen molar-refractivity contribution in [3.63, 3.8) is 0 Å². The summed E-state index contributed by atoms with van der Waals surface area (Å²) in [5, 5.41) is 28.0. The molecule has 23 heavy (non-hydrogen) atoms. The molecular formula is C18H26N2O3. The Balaban J connectivity index is 1.77. The number of likely N-dealkylation sites (tertiary alicyclic amines) is 1. The summed E-state index contributed by atoms with van der Waals surface area (Å²) in [5.41, 5.74) is 0.959. The fraction of sp³-hybridized carbons (Fsp3) is 0.611. The minimum absolute atomic E-state index is 0.197. The number of benzene rings is 1.